The van der Waals surface area contributed by atoms with E-state index in [4.69, 9.17) is 5.11 Å². The number of carbonyl (C=O) groups is 1. The molecule has 0 rings (SSSR count). The molecule has 0 spiro atoms. The molecular weight excluding hydrogens is 232 g/mol. The van der Waals surface area contributed by atoms with Crippen molar-refractivity contribution < 1.29 is 18.3 Å². The molecule has 0 bridgehead atoms. The third kappa shape index (κ3) is 4.91. The van der Waals surface area contributed by atoms with E-state index < -0.39 is 22.1 Å². The highest BCUT2D eigenvalue weighted by Gasteiger charge is 2.24. The predicted molar refractivity (Wildman–Crippen MR) is 61.3 cm³/mol. The highest BCUT2D eigenvalue weighted by molar-refractivity contribution is 7.87. The van der Waals surface area contributed by atoms with Crippen LogP contribution in [0.2, 0.25) is 0 Å². The number of rotatable bonds is 8. The second kappa shape index (κ2) is 6.82. The van der Waals surface area contributed by atoms with Crippen molar-refractivity contribution in [3.63, 3.8) is 0 Å². The number of aliphatic carboxylic acids is 1. The summed E-state index contributed by atoms with van der Waals surface area (Å²) in [6.45, 7) is 5.64. The zero-order valence-electron chi connectivity index (χ0n) is 9.93. The third-order valence-corrected chi connectivity index (χ3v) is 3.78. The Morgan fingerprint density at radius 3 is 2.38 bits per heavy atom. The molecule has 0 radical (unpaired) electrons. The summed E-state index contributed by atoms with van der Waals surface area (Å²) < 4.78 is 27.0. The van der Waals surface area contributed by atoms with Crippen LogP contribution < -0.4 is 4.72 Å². The lowest BCUT2D eigenvalue weighted by molar-refractivity contribution is -0.141. The van der Waals surface area contributed by atoms with E-state index in [0.717, 1.165) is 4.31 Å². The fourth-order valence-electron chi connectivity index (χ4n) is 1.10. The van der Waals surface area contributed by atoms with Crippen LogP contribution in [0.15, 0.2) is 0 Å². The van der Waals surface area contributed by atoms with Crippen LogP contribution in [0.1, 0.15) is 27.2 Å². The molecule has 2 N–H and O–H groups in total. The fourth-order valence-corrected chi connectivity index (χ4v) is 2.51. The molecule has 7 heteroatoms. The van der Waals surface area contributed by atoms with Gasteiger partial charge in [0.25, 0.3) is 10.2 Å². The molecule has 0 aromatic carbocycles. The molecule has 0 aromatic rings. The summed E-state index contributed by atoms with van der Waals surface area (Å²) in [4.78, 5) is 10.6. The van der Waals surface area contributed by atoms with Gasteiger partial charge < -0.3 is 5.11 Å². The van der Waals surface area contributed by atoms with Gasteiger partial charge in [-0.25, -0.2) is 4.72 Å². The van der Waals surface area contributed by atoms with Crippen LogP contribution in [0.25, 0.3) is 0 Å². The summed E-state index contributed by atoms with van der Waals surface area (Å²) in [6, 6.07) is 0. The zero-order valence-corrected chi connectivity index (χ0v) is 10.7. The minimum absolute atomic E-state index is 0.00905. The molecule has 0 aromatic heterocycles. The van der Waals surface area contributed by atoms with Gasteiger partial charge >= 0.3 is 5.97 Å². The molecule has 0 saturated heterocycles. The van der Waals surface area contributed by atoms with Gasteiger partial charge in [0.15, 0.2) is 0 Å². The average Bonchev–Trinajstić information content (AvgIpc) is 2.22. The lowest BCUT2D eigenvalue weighted by Gasteiger charge is -2.22. The largest absolute Gasteiger partial charge is 0.481 e. The first kappa shape index (κ1) is 15.3. The first-order chi connectivity index (χ1) is 7.35. The van der Waals surface area contributed by atoms with Gasteiger partial charge in [0.1, 0.15) is 0 Å². The van der Waals surface area contributed by atoms with Crippen LogP contribution in [0, 0.1) is 5.92 Å². The van der Waals surface area contributed by atoms with Gasteiger partial charge in [0, 0.05) is 19.6 Å². The van der Waals surface area contributed by atoms with E-state index in [2.05, 4.69) is 4.72 Å². The standard InChI is InChI=1S/C9H20N2O4S/c1-4-6-10-16(14,15)11(5-2)7-8(3)9(12)13/h8,10H,4-7H2,1-3H3,(H,12,13). The molecule has 0 aliphatic carbocycles. The third-order valence-electron chi connectivity index (χ3n) is 2.13. The van der Waals surface area contributed by atoms with Crippen LogP contribution in [0.3, 0.4) is 0 Å². The van der Waals surface area contributed by atoms with Gasteiger partial charge in [-0.2, -0.15) is 12.7 Å². The summed E-state index contributed by atoms with van der Waals surface area (Å²) in [5.41, 5.74) is 0. The van der Waals surface area contributed by atoms with Crippen molar-refractivity contribution in [2.75, 3.05) is 19.6 Å². The summed E-state index contributed by atoms with van der Waals surface area (Å²) >= 11 is 0. The van der Waals surface area contributed by atoms with Gasteiger partial charge in [0.05, 0.1) is 5.92 Å². The van der Waals surface area contributed by atoms with E-state index >= 15 is 0 Å². The first-order valence-electron chi connectivity index (χ1n) is 5.32. The van der Waals surface area contributed by atoms with Crippen LogP contribution in [-0.4, -0.2) is 43.4 Å². The molecule has 1 atom stereocenters. The number of nitrogens with one attached hydrogen (secondary N) is 1. The topological polar surface area (TPSA) is 86.7 Å². The maximum atomic E-state index is 11.7. The second-order valence-electron chi connectivity index (χ2n) is 3.59. The monoisotopic (exact) mass is 252 g/mol. The molecule has 16 heavy (non-hydrogen) atoms. The fraction of sp³-hybridized carbons (Fsp3) is 0.889. The molecule has 6 nitrogen and oxygen atoms in total. The maximum Gasteiger partial charge on any atom is 0.307 e. The van der Waals surface area contributed by atoms with Crippen molar-refractivity contribution in [2.45, 2.75) is 27.2 Å². The molecule has 0 amide bonds. The van der Waals surface area contributed by atoms with Crippen molar-refractivity contribution in [2.24, 2.45) is 5.92 Å². The summed E-state index contributed by atoms with van der Waals surface area (Å²) in [6.07, 6.45) is 0.700. The average molecular weight is 252 g/mol. The van der Waals surface area contributed by atoms with Gasteiger partial charge in [-0.15, -0.1) is 0 Å². The molecule has 0 aliphatic rings. The van der Waals surface area contributed by atoms with Gasteiger partial charge in [0.2, 0.25) is 0 Å². The van der Waals surface area contributed by atoms with Gasteiger partial charge in [-0.05, 0) is 6.42 Å². The highest BCUT2D eigenvalue weighted by Crippen LogP contribution is 2.04. The molecule has 1 unspecified atom stereocenters. The quantitative estimate of drug-likeness (QED) is 0.649. The number of hydrogen-bond acceptors (Lipinski definition) is 3. The smallest absolute Gasteiger partial charge is 0.307 e. The minimum Gasteiger partial charge on any atom is -0.481 e. The van der Waals surface area contributed by atoms with E-state index in [1.165, 1.54) is 6.92 Å². The second-order valence-corrected chi connectivity index (χ2v) is 5.34. The Bertz CT molecular complexity index is 315. The first-order valence-corrected chi connectivity index (χ1v) is 6.76. The van der Waals surface area contributed by atoms with Gasteiger partial charge in [-0.1, -0.05) is 20.8 Å². The SMILES string of the molecule is CCCNS(=O)(=O)N(CC)CC(C)C(=O)O. The van der Waals surface area contributed by atoms with Crippen LogP contribution >= 0.6 is 0 Å². The van der Waals surface area contributed by atoms with Crippen molar-refractivity contribution in [1.29, 1.82) is 0 Å². The van der Waals surface area contributed by atoms with Gasteiger partial charge in [-0.3, -0.25) is 4.79 Å². The van der Waals surface area contributed by atoms with E-state index in [9.17, 15) is 13.2 Å². The predicted octanol–water partition coefficient (Wildman–Crippen LogP) is 0.273. The number of carboxylic acid groups (broad SMARTS) is 1. The lowest BCUT2D eigenvalue weighted by Crippen LogP contribution is -2.43. The Labute approximate surface area is 96.8 Å². The molecule has 0 heterocycles. The maximum absolute atomic E-state index is 11.7. The van der Waals surface area contributed by atoms with Crippen LogP contribution in [0.4, 0.5) is 0 Å². The summed E-state index contributed by atoms with van der Waals surface area (Å²) in [5, 5.41) is 8.73. The highest BCUT2D eigenvalue weighted by atomic mass is 32.2. The van der Waals surface area contributed by atoms with E-state index in [-0.39, 0.29) is 13.1 Å². The Balaban J connectivity index is 4.54. The Kier molecular flexibility index (Phi) is 6.54. The van der Waals surface area contributed by atoms with Crippen molar-refractivity contribution in [3.8, 4) is 0 Å². The molecule has 0 fully saturated rings. The zero-order chi connectivity index (χ0) is 12.8. The van der Waals surface area contributed by atoms with Crippen LogP contribution in [0.5, 0.6) is 0 Å². The molecule has 96 valence electrons. The number of carboxylic acids is 1. The number of nitrogens with zero attached hydrogens (tertiary/aromatic N) is 1. The normalized spacial score (nSPS) is 14.0. The van der Waals surface area contributed by atoms with Crippen molar-refractivity contribution in [1.82, 2.24) is 9.03 Å². The minimum atomic E-state index is -3.54. The Morgan fingerprint density at radius 1 is 1.44 bits per heavy atom. The Hall–Kier alpha value is -0.660. The molecular formula is C9H20N2O4S. The van der Waals surface area contributed by atoms with E-state index in [0.29, 0.717) is 13.0 Å². The van der Waals surface area contributed by atoms with Crippen LogP contribution in [-0.2, 0) is 15.0 Å². The van der Waals surface area contributed by atoms with Crippen molar-refractivity contribution >= 4 is 16.2 Å². The van der Waals surface area contributed by atoms with E-state index in [1.807, 2.05) is 6.92 Å². The number of hydrogen-bond donors (Lipinski definition) is 2. The van der Waals surface area contributed by atoms with E-state index in [1.54, 1.807) is 6.92 Å². The molecule has 0 saturated carbocycles. The summed E-state index contributed by atoms with van der Waals surface area (Å²) in [5.74, 6) is -1.71. The Morgan fingerprint density at radius 2 is 2.00 bits per heavy atom. The lowest BCUT2D eigenvalue weighted by atomic mass is 10.2. The molecule has 0 aliphatic heterocycles. The summed E-state index contributed by atoms with van der Waals surface area (Å²) in [7, 11) is -3.54. The van der Waals surface area contributed by atoms with Crippen molar-refractivity contribution in [3.05, 3.63) is 0 Å².